The molecule has 0 spiro atoms. The van der Waals surface area contributed by atoms with Gasteiger partial charge < -0.3 is 21.5 Å². The number of nitrogens with zero attached hydrogens (tertiary/aromatic N) is 5. The lowest BCUT2D eigenvalue weighted by atomic mass is 10.0. The van der Waals surface area contributed by atoms with Crippen molar-refractivity contribution in [3.63, 3.8) is 0 Å². The van der Waals surface area contributed by atoms with Crippen molar-refractivity contribution < 1.29 is 14.3 Å². The highest BCUT2D eigenvalue weighted by molar-refractivity contribution is 5.99. The zero-order valence-electron chi connectivity index (χ0n) is 19.0. The Labute approximate surface area is 196 Å². The molecule has 3 atom stereocenters. The standard InChI is InChI=1S/C23H27FN8O2/c1-23(2,34)19(24)12-29-22(33)17-11-27-20(7-18(17)31-16-4-3-15(26)6-16)32-21-14(10-30-32)5-13(8-25)9-28-21/h5,7,9-11,15-16,19,34H,3-4,6,12,26H2,1-2H3,(H,27,31)(H,29,33). The molecule has 1 fully saturated rings. The summed E-state index contributed by atoms with van der Waals surface area (Å²) in [6, 6.07) is 5.58. The third kappa shape index (κ3) is 4.98. The van der Waals surface area contributed by atoms with E-state index in [1.165, 1.54) is 30.9 Å². The minimum Gasteiger partial charge on any atom is -0.387 e. The number of rotatable bonds is 7. The molecule has 0 bridgehead atoms. The van der Waals surface area contributed by atoms with Gasteiger partial charge >= 0.3 is 0 Å². The van der Waals surface area contributed by atoms with Crippen molar-refractivity contribution in [1.29, 1.82) is 5.26 Å². The van der Waals surface area contributed by atoms with Crippen molar-refractivity contribution in [2.45, 2.75) is 57.0 Å². The third-order valence-corrected chi connectivity index (χ3v) is 5.93. The minimum absolute atomic E-state index is 0.0766. The number of carbonyl (C=O) groups excluding carboxylic acids is 1. The second-order valence-corrected chi connectivity index (χ2v) is 9.14. The number of alkyl halides is 1. The van der Waals surface area contributed by atoms with E-state index in [1.807, 2.05) is 6.07 Å². The highest BCUT2D eigenvalue weighted by atomic mass is 19.1. The molecule has 3 aromatic heterocycles. The lowest BCUT2D eigenvalue weighted by Crippen LogP contribution is -2.42. The van der Waals surface area contributed by atoms with E-state index in [-0.39, 0.29) is 24.2 Å². The van der Waals surface area contributed by atoms with Gasteiger partial charge in [0.1, 0.15) is 12.2 Å². The maximum absolute atomic E-state index is 14.2. The number of nitrogens with two attached hydrogens (primary N) is 1. The van der Waals surface area contributed by atoms with Gasteiger partial charge in [0.15, 0.2) is 11.5 Å². The second-order valence-electron chi connectivity index (χ2n) is 9.14. The Kier molecular flexibility index (Phi) is 6.45. The number of fused-ring (bicyclic) bond motifs is 1. The number of aliphatic hydroxyl groups is 1. The summed E-state index contributed by atoms with van der Waals surface area (Å²) in [7, 11) is 0. The quantitative estimate of drug-likeness (QED) is 0.411. The Hall–Kier alpha value is -3.62. The number of pyridine rings is 2. The van der Waals surface area contributed by atoms with E-state index in [0.717, 1.165) is 19.3 Å². The predicted molar refractivity (Wildman–Crippen MR) is 124 cm³/mol. The van der Waals surface area contributed by atoms with Crippen LogP contribution in [-0.4, -0.2) is 61.2 Å². The molecule has 3 heterocycles. The maximum Gasteiger partial charge on any atom is 0.255 e. The summed E-state index contributed by atoms with van der Waals surface area (Å²) in [5.41, 5.74) is 6.16. The largest absolute Gasteiger partial charge is 0.387 e. The van der Waals surface area contributed by atoms with Gasteiger partial charge in [0.2, 0.25) is 0 Å². The molecule has 178 valence electrons. The molecule has 0 saturated heterocycles. The van der Waals surface area contributed by atoms with Crippen LogP contribution >= 0.6 is 0 Å². The fourth-order valence-corrected chi connectivity index (χ4v) is 3.91. The first-order chi connectivity index (χ1) is 16.2. The van der Waals surface area contributed by atoms with Crippen molar-refractivity contribution >= 4 is 22.6 Å². The third-order valence-electron chi connectivity index (χ3n) is 5.93. The van der Waals surface area contributed by atoms with Crippen LogP contribution in [0.2, 0.25) is 0 Å². The van der Waals surface area contributed by atoms with E-state index in [9.17, 15) is 14.3 Å². The number of carbonyl (C=O) groups is 1. The first-order valence-electron chi connectivity index (χ1n) is 11.1. The van der Waals surface area contributed by atoms with E-state index in [1.54, 1.807) is 18.3 Å². The van der Waals surface area contributed by atoms with Gasteiger partial charge in [-0.05, 0) is 39.2 Å². The first kappa shape index (κ1) is 23.5. The smallest absolute Gasteiger partial charge is 0.255 e. The normalized spacial score (nSPS) is 19.1. The topological polar surface area (TPSA) is 155 Å². The summed E-state index contributed by atoms with van der Waals surface area (Å²) < 4.78 is 15.7. The Morgan fingerprint density at radius 1 is 1.35 bits per heavy atom. The Balaban J connectivity index is 1.66. The first-order valence-corrected chi connectivity index (χ1v) is 11.1. The number of anilines is 1. The monoisotopic (exact) mass is 466 g/mol. The SMILES string of the molecule is CC(C)(O)C(F)CNC(=O)c1cnc(-n2ncc3cc(C#N)cnc32)cc1NC1CCC(N)C1. The number of amides is 1. The molecular formula is C23H27FN8O2. The molecule has 10 nitrogen and oxygen atoms in total. The van der Waals surface area contributed by atoms with Crippen LogP contribution in [0, 0.1) is 11.3 Å². The Bertz CT molecular complexity index is 1250. The molecule has 1 saturated carbocycles. The zero-order chi connectivity index (χ0) is 24.5. The fourth-order valence-electron chi connectivity index (χ4n) is 3.91. The molecule has 3 aromatic rings. The van der Waals surface area contributed by atoms with Gasteiger partial charge in [0.25, 0.3) is 5.91 Å². The van der Waals surface area contributed by atoms with Crippen LogP contribution in [0.25, 0.3) is 16.9 Å². The van der Waals surface area contributed by atoms with Crippen LogP contribution in [0.15, 0.2) is 30.7 Å². The second kappa shape index (κ2) is 9.32. The fraction of sp³-hybridized carbons (Fsp3) is 0.435. The van der Waals surface area contributed by atoms with Gasteiger partial charge in [-0.25, -0.2) is 14.4 Å². The molecule has 3 unspecified atom stereocenters. The molecular weight excluding hydrogens is 439 g/mol. The van der Waals surface area contributed by atoms with Gasteiger partial charge in [-0.3, -0.25) is 4.79 Å². The zero-order valence-corrected chi connectivity index (χ0v) is 19.0. The number of nitrogens with one attached hydrogen (secondary N) is 2. The van der Waals surface area contributed by atoms with Crippen molar-refractivity contribution in [2.75, 3.05) is 11.9 Å². The average molecular weight is 467 g/mol. The number of hydrogen-bond acceptors (Lipinski definition) is 8. The Morgan fingerprint density at radius 2 is 2.15 bits per heavy atom. The molecule has 1 aliphatic carbocycles. The van der Waals surface area contributed by atoms with Crippen molar-refractivity contribution in [3.8, 4) is 11.9 Å². The summed E-state index contributed by atoms with van der Waals surface area (Å²) >= 11 is 0. The van der Waals surface area contributed by atoms with E-state index in [4.69, 9.17) is 11.0 Å². The van der Waals surface area contributed by atoms with Crippen molar-refractivity contribution in [2.24, 2.45) is 5.73 Å². The van der Waals surface area contributed by atoms with Gasteiger partial charge in [0.05, 0.1) is 35.2 Å². The predicted octanol–water partition coefficient (Wildman–Crippen LogP) is 1.82. The average Bonchev–Trinajstić information content (AvgIpc) is 3.41. The van der Waals surface area contributed by atoms with Crippen LogP contribution in [-0.2, 0) is 0 Å². The van der Waals surface area contributed by atoms with E-state index in [2.05, 4.69) is 25.7 Å². The van der Waals surface area contributed by atoms with Gasteiger partial charge in [0, 0.05) is 35.9 Å². The molecule has 0 aliphatic heterocycles. The number of halogens is 1. The molecule has 1 aliphatic rings. The summed E-state index contributed by atoms with van der Waals surface area (Å²) in [5, 5.41) is 29.8. The van der Waals surface area contributed by atoms with E-state index >= 15 is 0 Å². The highest BCUT2D eigenvalue weighted by Crippen LogP contribution is 2.26. The van der Waals surface area contributed by atoms with Crippen LogP contribution < -0.4 is 16.4 Å². The Morgan fingerprint density at radius 3 is 2.82 bits per heavy atom. The minimum atomic E-state index is -1.63. The van der Waals surface area contributed by atoms with Crippen LogP contribution in [0.3, 0.4) is 0 Å². The van der Waals surface area contributed by atoms with Crippen LogP contribution in [0.4, 0.5) is 10.1 Å². The highest BCUT2D eigenvalue weighted by Gasteiger charge is 2.28. The molecule has 0 aromatic carbocycles. The molecule has 1 amide bonds. The van der Waals surface area contributed by atoms with Crippen LogP contribution in [0.5, 0.6) is 0 Å². The van der Waals surface area contributed by atoms with Gasteiger partial charge in [-0.2, -0.15) is 15.0 Å². The van der Waals surface area contributed by atoms with Crippen LogP contribution in [0.1, 0.15) is 49.0 Å². The lowest BCUT2D eigenvalue weighted by molar-refractivity contribution is -0.00177. The van der Waals surface area contributed by atoms with Gasteiger partial charge in [-0.15, -0.1) is 0 Å². The van der Waals surface area contributed by atoms with Gasteiger partial charge in [-0.1, -0.05) is 0 Å². The molecule has 0 radical (unpaired) electrons. The molecule has 4 rings (SSSR count). The lowest BCUT2D eigenvalue weighted by Gasteiger charge is -2.23. The molecule has 5 N–H and O–H groups in total. The summed E-state index contributed by atoms with van der Waals surface area (Å²) in [5.74, 6) is -0.0914. The summed E-state index contributed by atoms with van der Waals surface area (Å²) in [6.07, 6.45) is 5.30. The summed E-state index contributed by atoms with van der Waals surface area (Å²) in [4.78, 5) is 21.6. The van der Waals surface area contributed by atoms with Crippen molar-refractivity contribution in [3.05, 3.63) is 41.9 Å². The molecule has 34 heavy (non-hydrogen) atoms. The summed E-state index contributed by atoms with van der Waals surface area (Å²) in [6.45, 7) is 2.35. The number of aromatic nitrogens is 4. The van der Waals surface area contributed by atoms with Crippen molar-refractivity contribution in [1.82, 2.24) is 25.1 Å². The number of hydrogen-bond donors (Lipinski definition) is 4. The van der Waals surface area contributed by atoms with E-state index < -0.39 is 17.7 Å². The van der Waals surface area contributed by atoms with E-state index in [0.29, 0.717) is 28.1 Å². The number of nitriles is 1. The maximum atomic E-state index is 14.2. The molecule has 11 heteroatoms.